The van der Waals surface area contributed by atoms with Crippen LogP contribution < -0.4 is 5.32 Å². The number of hydrogen-bond donors (Lipinski definition) is 1. The molecule has 0 aromatic heterocycles. The van der Waals surface area contributed by atoms with Crippen LogP contribution in [0.15, 0.2) is 0 Å². The van der Waals surface area contributed by atoms with Crippen LogP contribution in [0.5, 0.6) is 0 Å². The van der Waals surface area contributed by atoms with Crippen molar-refractivity contribution in [3.63, 3.8) is 0 Å². The summed E-state index contributed by atoms with van der Waals surface area (Å²) in [5.41, 5.74) is 0. The van der Waals surface area contributed by atoms with Gasteiger partial charge in [0.25, 0.3) is 0 Å². The largest absolute Gasteiger partial charge is 0.312 e. The van der Waals surface area contributed by atoms with Gasteiger partial charge < -0.3 is 5.32 Å². The smallest absolute Gasteiger partial charge is 0.0221 e. The quantitative estimate of drug-likeness (QED) is 0.837. The Bertz CT molecular complexity index is 261. The van der Waals surface area contributed by atoms with E-state index in [1.54, 1.807) is 0 Å². The Morgan fingerprint density at radius 1 is 0.800 bits per heavy atom. The molecule has 3 fully saturated rings. The molecule has 3 rings (SSSR count). The summed E-state index contributed by atoms with van der Waals surface area (Å²) in [5.74, 6) is 0.879. The van der Waals surface area contributed by atoms with Crippen LogP contribution in [-0.4, -0.2) is 36.1 Å². The minimum atomic E-state index is 0.763. The van der Waals surface area contributed by atoms with Crippen LogP contribution in [0.4, 0.5) is 0 Å². The highest BCUT2D eigenvalue weighted by atomic mass is 15.2. The van der Waals surface area contributed by atoms with Crippen LogP contribution in [-0.2, 0) is 0 Å². The second-order valence-corrected chi connectivity index (χ2v) is 7.61. The van der Waals surface area contributed by atoms with Gasteiger partial charge in [-0.25, -0.2) is 0 Å². The first-order chi connectivity index (χ1) is 9.84. The molecule has 3 aliphatic rings. The normalized spacial score (nSPS) is 33.9. The average molecular weight is 278 g/mol. The summed E-state index contributed by atoms with van der Waals surface area (Å²) in [6, 6.07) is 2.57. The molecule has 20 heavy (non-hydrogen) atoms. The second kappa shape index (κ2) is 7.26. The molecule has 2 atom stereocenters. The first kappa shape index (κ1) is 14.8. The summed E-state index contributed by atoms with van der Waals surface area (Å²) in [7, 11) is 0. The lowest BCUT2D eigenvalue weighted by Gasteiger charge is -2.43. The Kier molecular flexibility index (Phi) is 5.39. The highest BCUT2D eigenvalue weighted by Gasteiger charge is 2.33. The molecular formula is C18H34N2. The van der Waals surface area contributed by atoms with Crippen molar-refractivity contribution in [1.82, 2.24) is 10.2 Å². The first-order valence-corrected chi connectivity index (χ1v) is 9.34. The van der Waals surface area contributed by atoms with Crippen LogP contribution >= 0.6 is 0 Å². The molecule has 0 radical (unpaired) electrons. The van der Waals surface area contributed by atoms with E-state index in [1.807, 2.05) is 0 Å². The zero-order chi connectivity index (χ0) is 13.8. The third-order valence-electron chi connectivity index (χ3n) is 6.19. The Morgan fingerprint density at radius 3 is 1.80 bits per heavy atom. The fourth-order valence-electron chi connectivity index (χ4n) is 4.79. The van der Waals surface area contributed by atoms with Crippen molar-refractivity contribution in [2.75, 3.05) is 13.1 Å². The number of rotatable bonds is 4. The molecule has 1 aliphatic heterocycles. The third kappa shape index (κ3) is 3.57. The number of nitrogens with zero attached hydrogens (tertiary/aromatic N) is 1. The van der Waals surface area contributed by atoms with Gasteiger partial charge in [0.15, 0.2) is 0 Å². The van der Waals surface area contributed by atoms with Crippen molar-refractivity contribution in [1.29, 1.82) is 0 Å². The zero-order valence-corrected chi connectivity index (χ0v) is 13.4. The summed E-state index contributed by atoms with van der Waals surface area (Å²) in [4.78, 5) is 2.97. The monoisotopic (exact) mass is 278 g/mol. The molecule has 2 aliphatic carbocycles. The number of hydrogen-bond acceptors (Lipinski definition) is 2. The van der Waals surface area contributed by atoms with Crippen molar-refractivity contribution >= 4 is 0 Å². The zero-order valence-electron chi connectivity index (χ0n) is 13.4. The van der Waals surface area contributed by atoms with E-state index in [2.05, 4.69) is 17.1 Å². The Labute approximate surface area is 125 Å². The van der Waals surface area contributed by atoms with Gasteiger partial charge in [0.1, 0.15) is 0 Å². The lowest BCUT2D eigenvalue weighted by atomic mass is 9.87. The van der Waals surface area contributed by atoms with Gasteiger partial charge in [-0.3, -0.25) is 4.90 Å². The van der Waals surface area contributed by atoms with Gasteiger partial charge >= 0.3 is 0 Å². The van der Waals surface area contributed by atoms with Crippen molar-refractivity contribution in [3.8, 4) is 0 Å². The fourth-order valence-corrected chi connectivity index (χ4v) is 4.79. The maximum Gasteiger partial charge on any atom is 0.0221 e. The molecule has 0 aromatic rings. The topological polar surface area (TPSA) is 15.3 Å². The summed E-state index contributed by atoms with van der Waals surface area (Å²) < 4.78 is 0. The first-order valence-electron chi connectivity index (χ1n) is 9.34. The Morgan fingerprint density at radius 2 is 1.35 bits per heavy atom. The highest BCUT2D eigenvalue weighted by Crippen LogP contribution is 2.31. The van der Waals surface area contributed by atoms with E-state index in [9.17, 15) is 0 Å². The lowest BCUT2D eigenvalue weighted by Crippen LogP contribution is -2.51. The SMILES string of the molecule is CC1CCNC1CN(C1CCCCC1)C1CCCCC1. The van der Waals surface area contributed by atoms with Crippen molar-refractivity contribution in [3.05, 3.63) is 0 Å². The van der Waals surface area contributed by atoms with Gasteiger partial charge in [0.2, 0.25) is 0 Å². The van der Waals surface area contributed by atoms with Crippen LogP contribution in [0.25, 0.3) is 0 Å². The van der Waals surface area contributed by atoms with E-state index in [0.29, 0.717) is 0 Å². The molecule has 0 aromatic carbocycles. The second-order valence-electron chi connectivity index (χ2n) is 7.61. The maximum atomic E-state index is 3.77. The summed E-state index contributed by atoms with van der Waals surface area (Å²) in [6.45, 7) is 5.02. The molecule has 1 heterocycles. The van der Waals surface area contributed by atoms with Gasteiger partial charge in [-0.05, 0) is 44.6 Å². The van der Waals surface area contributed by atoms with Gasteiger partial charge in [0, 0.05) is 24.7 Å². The van der Waals surface area contributed by atoms with E-state index in [1.165, 1.54) is 83.7 Å². The van der Waals surface area contributed by atoms with Gasteiger partial charge in [0.05, 0.1) is 0 Å². The van der Waals surface area contributed by atoms with E-state index in [-0.39, 0.29) is 0 Å². The molecule has 1 saturated heterocycles. The van der Waals surface area contributed by atoms with E-state index in [0.717, 1.165) is 24.0 Å². The molecule has 2 nitrogen and oxygen atoms in total. The molecule has 116 valence electrons. The van der Waals surface area contributed by atoms with Crippen molar-refractivity contribution < 1.29 is 0 Å². The molecule has 0 amide bonds. The lowest BCUT2D eigenvalue weighted by molar-refractivity contribution is 0.0680. The molecule has 2 heteroatoms. The predicted molar refractivity (Wildman–Crippen MR) is 86.0 cm³/mol. The van der Waals surface area contributed by atoms with E-state index >= 15 is 0 Å². The molecule has 0 spiro atoms. The van der Waals surface area contributed by atoms with Gasteiger partial charge in [-0.2, -0.15) is 0 Å². The molecule has 0 bridgehead atoms. The van der Waals surface area contributed by atoms with Gasteiger partial charge in [-0.15, -0.1) is 0 Å². The molecule has 1 N–H and O–H groups in total. The minimum absolute atomic E-state index is 0.763. The Balaban J connectivity index is 1.64. The summed E-state index contributed by atoms with van der Waals surface area (Å²) in [6.07, 6.45) is 16.1. The maximum absolute atomic E-state index is 3.77. The van der Waals surface area contributed by atoms with Gasteiger partial charge in [-0.1, -0.05) is 45.4 Å². The average Bonchev–Trinajstić information content (AvgIpc) is 2.92. The van der Waals surface area contributed by atoms with E-state index < -0.39 is 0 Å². The van der Waals surface area contributed by atoms with Crippen molar-refractivity contribution in [2.45, 2.75) is 95.7 Å². The highest BCUT2D eigenvalue weighted by molar-refractivity contribution is 4.90. The molecule has 2 saturated carbocycles. The molecular weight excluding hydrogens is 244 g/mol. The fraction of sp³-hybridized carbons (Fsp3) is 1.00. The summed E-state index contributed by atoms with van der Waals surface area (Å²) >= 11 is 0. The predicted octanol–water partition coefficient (Wildman–Crippen LogP) is 3.95. The Hall–Kier alpha value is -0.0800. The van der Waals surface area contributed by atoms with Crippen LogP contribution in [0.2, 0.25) is 0 Å². The number of nitrogens with one attached hydrogen (secondary N) is 1. The summed E-state index contributed by atoms with van der Waals surface area (Å²) in [5, 5.41) is 3.77. The van der Waals surface area contributed by atoms with Crippen LogP contribution in [0, 0.1) is 5.92 Å². The van der Waals surface area contributed by atoms with E-state index in [4.69, 9.17) is 0 Å². The molecule has 2 unspecified atom stereocenters. The van der Waals surface area contributed by atoms with Crippen LogP contribution in [0.1, 0.15) is 77.6 Å². The van der Waals surface area contributed by atoms with Crippen molar-refractivity contribution in [2.24, 2.45) is 5.92 Å². The van der Waals surface area contributed by atoms with Crippen LogP contribution in [0.3, 0.4) is 0 Å². The minimum Gasteiger partial charge on any atom is -0.312 e. The standard InChI is InChI=1S/C18H34N2/c1-15-12-13-19-18(15)14-20(16-8-4-2-5-9-16)17-10-6-3-7-11-17/h15-19H,2-14H2,1H3. The third-order valence-corrected chi connectivity index (χ3v) is 6.19.